The second-order valence-electron chi connectivity index (χ2n) is 7.38. The number of rotatable bonds is 11. The monoisotopic (exact) mass is 506 g/mol. The summed E-state index contributed by atoms with van der Waals surface area (Å²) in [5.74, 6) is 1.49. The predicted molar refractivity (Wildman–Crippen MR) is 133 cm³/mol. The van der Waals surface area contributed by atoms with Crippen molar-refractivity contribution < 1.29 is 17.9 Å². The van der Waals surface area contributed by atoms with Crippen LogP contribution in [0.3, 0.4) is 0 Å². The van der Waals surface area contributed by atoms with E-state index in [1.165, 1.54) is 23.5 Å². The summed E-state index contributed by atoms with van der Waals surface area (Å²) >= 11 is 2.83. The Morgan fingerprint density at radius 1 is 1.12 bits per heavy atom. The Kier molecular flexibility index (Phi) is 8.70. The van der Waals surface area contributed by atoms with Gasteiger partial charge in [-0.1, -0.05) is 55.1 Å². The van der Waals surface area contributed by atoms with Gasteiger partial charge < -0.3 is 4.74 Å². The molecule has 0 unspecified atom stereocenters. The molecule has 2 aromatic carbocycles. The maximum Gasteiger partial charge on any atom is 0.264 e. The van der Waals surface area contributed by atoms with Crippen LogP contribution in [0.4, 0.5) is 10.8 Å². The summed E-state index contributed by atoms with van der Waals surface area (Å²) in [5.41, 5.74) is 0.350. The lowest BCUT2D eigenvalue weighted by Gasteiger charge is -2.24. The molecular weight excluding hydrogens is 480 g/mol. The molecule has 3 aromatic rings. The molecule has 33 heavy (non-hydrogen) atoms. The zero-order chi connectivity index (χ0) is 23.8. The molecule has 11 heteroatoms. The normalized spacial score (nSPS) is 11.4. The SMILES string of the molecule is CCOc1ccc(N(CC(=O)Nc2nnc(SCC(C)C)s2)S(=O)(=O)c2ccccc2)cc1. The first-order valence-electron chi connectivity index (χ1n) is 10.4. The lowest BCUT2D eigenvalue weighted by atomic mass is 10.3. The van der Waals surface area contributed by atoms with Gasteiger partial charge in [0.25, 0.3) is 10.0 Å². The van der Waals surface area contributed by atoms with E-state index in [-0.39, 0.29) is 4.90 Å². The summed E-state index contributed by atoms with van der Waals surface area (Å²) in [4.78, 5) is 12.9. The van der Waals surface area contributed by atoms with E-state index in [0.717, 1.165) is 14.4 Å². The molecule has 8 nitrogen and oxygen atoms in total. The van der Waals surface area contributed by atoms with Gasteiger partial charge in [-0.2, -0.15) is 0 Å². The van der Waals surface area contributed by atoms with Gasteiger partial charge in [0.2, 0.25) is 11.0 Å². The first kappa shape index (κ1) is 25.0. The van der Waals surface area contributed by atoms with Gasteiger partial charge in [0.05, 0.1) is 17.2 Å². The number of benzene rings is 2. The molecule has 1 amide bonds. The Bertz CT molecular complexity index is 1150. The van der Waals surface area contributed by atoms with Crippen molar-refractivity contribution in [2.75, 3.05) is 28.5 Å². The number of hydrogen-bond donors (Lipinski definition) is 1. The zero-order valence-electron chi connectivity index (χ0n) is 18.6. The summed E-state index contributed by atoms with van der Waals surface area (Å²) in [6.45, 7) is 6.16. The van der Waals surface area contributed by atoms with Crippen LogP contribution in [0.25, 0.3) is 0 Å². The lowest BCUT2D eigenvalue weighted by molar-refractivity contribution is -0.114. The number of nitrogens with zero attached hydrogens (tertiary/aromatic N) is 3. The van der Waals surface area contributed by atoms with E-state index in [9.17, 15) is 13.2 Å². The Labute approximate surface area is 202 Å². The fraction of sp³-hybridized carbons (Fsp3) is 0.318. The van der Waals surface area contributed by atoms with Crippen LogP contribution in [0.15, 0.2) is 63.8 Å². The average molecular weight is 507 g/mol. The van der Waals surface area contributed by atoms with Crippen molar-refractivity contribution in [3.8, 4) is 5.75 Å². The van der Waals surface area contributed by atoms with Crippen LogP contribution in [0, 0.1) is 5.92 Å². The van der Waals surface area contributed by atoms with E-state index in [0.29, 0.717) is 29.1 Å². The number of ether oxygens (including phenoxy) is 1. The van der Waals surface area contributed by atoms with E-state index < -0.39 is 22.5 Å². The minimum Gasteiger partial charge on any atom is -0.494 e. The number of thioether (sulfide) groups is 1. The van der Waals surface area contributed by atoms with Crippen molar-refractivity contribution in [2.45, 2.75) is 30.0 Å². The number of amides is 1. The molecule has 3 rings (SSSR count). The van der Waals surface area contributed by atoms with E-state index in [1.54, 1.807) is 54.2 Å². The molecule has 0 radical (unpaired) electrons. The molecule has 0 bridgehead atoms. The highest BCUT2D eigenvalue weighted by molar-refractivity contribution is 8.01. The molecule has 1 heterocycles. The second-order valence-corrected chi connectivity index (χ2v) is 11.5. The molecule has 1 aromatic heterocycles. The minimum atomic E-state index is -3.98. The third-order valence-corrected chi connectivity index (χ3v) is 8.43. The standard InChI is InChI=1S/C22H26N4O4S3/c1-4-30-18-12-10-17(11-13-18)26(33(28,29)19-8-6-5-7-9-19)14-20(27)23-21-24-25-22(32-21)31-15-16(2)3/h5-13,16H,4,14-15H2,1-3H3,(H,23,24,27). The summed E-state index contributed by atoms with van der Waals surface area (Å²) in [6, 6.07) is 14.6. The Morgan fingerprint density at radius 2 is 1.82 bits per heavy atom. The predicted octanol–water partition coefficient (Wildman–Crippen LogP) is 4.52. The number of carbonyl (C=O) groups is 1. The molecule has 0 aliphatic carbocycles. The van der Waals surface area contributed by atoms with Crippen LogP contribution in [0.5, 0.6) is 5.75 Å². The quantitative estimate of drug-likeness (QED) is 0.301. The van der Waals surface area contributed by atoms with Gasteiger partial charge in [-0.15, -0.1) is 10.2 Å². The highest BCUT2D eigenvalue weighted by atomic mass is 32.2. The molecule has 0 saturated heterocycles. The fourth-order valence-electron chi connectivity index (χ4n) is 2.76. The zero-order valence-corrected chi connectivity index (χ0v) is 21.0. The van der Waals surface area contributed by atoms with Crippen LogP contribution in [0.1, 0.15) is 20.8 Å². The smallest absolute Gasteiger partial charge is 0.264 e. The van der Waals surface area contributed by atoms with Crippen molar-refractivity contribution in [3.05, 3.63) is 54.6 Å². The molecule has 0 aliphatic heterocycles. The first-order chi connectivity index (χ1) is 15.8. The number of aromatic nitrogens is 2. The van der Waals surface area contributed by atoms with E-state index in [4.69, 9.17) is 4.74 Å². The molecule has 0 atom stereocenters. The lowest BCUT2D eigenvalue weighted by Crippen LogP contribution is -2.38. The maximum absolute atomic E-state index is 13.4. The van der Waals surface area contributed by atoms with Crippen LogP contribution >= 0.6 is 23.1 Å². The van der Waals surface area contributed by atoms with Gasteiger partial charge in [-0.3, -0.25) is 14.4 Å². The highest BCUT2D eigenvalue weighted by Crippen LogP contribution is 2.28. The molecule has 0 spiro atoms. The molecule has 1 N–H and O–H groups in total. The fourth-order valence-corrected chi connectivity index (χ4v) is 5.94. The second kappa shape index (κ2) is 11.5. The van der Waals surface area contributed by atoms with Gasteiger partial charge in [0.1, 0.15) is 12.3 Å². The van der Waals surface area contributed by atoms with Crippen molar-refractivity contribution in [2.24, 2.45) is 5.92 Å². The largest absolute Gasteiger partial charge is 0.494 e. The van der Waals surface area contributed by atoms with Crippen molar-refractivity contribution in [1.82, 2.24) is 10.2 Å². The number of carbonyl (C=O) groups excluding carboxylic acids is 1. The molecule has 0 saturated carbocycles. The summed E-state index contributed by atoms with van der Waals surface area (Å²) in [5, 5.41) is 11.1. The van der Waals surface area contributed by atoms with Crippen LogP contribution in [0.2, 0.25) is 0 Å². The van der Waals surface area contributed by atoms with Crippen LogP contribution in [-0.4, -0.2) is 43.4 Å². The first-order valence-corrected chi connectivity index (χ1v) is 13.6. The van der Waals surface area contributed by atoms with E-state index in [1.807, 2.05) is 6.92 Å². The van der Waals surface area contributed by atoms with Crippen molar-refractivity contribution >= 4 is 49.8 Å². The highest BCUT2D eigenvalue weighted by Gasteiger charge is 2.27. The Balaban J connectivity index is 1.81. The summed E-state index contributed by atoms with van der Waals surface area (Å²) < 4.78 is 34.0. The Morgan fingerprint density at radius 3 is 2.45 bits per heavy atom. The van der Waals surface area contributed by atoms with Crippen LogP contribution in [-0.2, 0) is 14.8 Å². The van der Waals surface area contributed by atoms with Gasteiger partial charge in [-0.25, -0.2) is 8.42 Å². The third-order valence-electron chi connectivity index (χ3n) is 4.25. The van der Waals surface area contributed by atoms with E-state index >= 15 is 0 Å². The van der Waals surface area contributed by atoms with Gasteiger partial charge >= 0.3 is 0 Å². The molecule has 176 valence electrons. The topological polar surface area (TPSA) is 101 Å². The number of hydrogen-bond acceptors (Lipinski definition) is 8. The van der Waals surface area contributed by atoms with Gasteiger partial charge in [-0.05, 0) is 49.2 Å². The van der Waals surface area contributed by atoms with E-state index in [2.05, 4.69) is 29.4 Å². The van der Waals surface area contributed by atoms with Gasteiger partial charge in [0.15, 0.2) is 4.34 Å². The number of sulfonamides is 1. The van der Waals surface area contributed by atoms with Crippen LogP contribution < -0.4 is 14.4 Å². The third kappa shape index (κ3) is 6.92. The summed E-state index contributed by atoms with van der Waals surface area (Å²) in [6.07, 6.45) is 0. The molecular formula is C22H26N4O4S3. The minimum absolute atomic E-state index is 0.0926. The molecule has 0 fully saturated rings. The van der Waals surface area contributed by atoms with Crippen molar-refractivity contribution in [3.63, 3.8) is 0 Å². The Hall–Kier alpha value is -2.63. The van der Waals surface area contributed by atoms with Gasteiger partial charge in [0, 0.05) is 5.75 Å². The number of nitrogens with one attached hydrogen (secondary N) is 1. The average Bonchev–Trinajstić information content (AvgIpc) is 3.24. The van der Waals surface area contributed by atoms with Crippen molar-refractivity contribution in [1.29, 1.82) is 0 Å². The molecule has 0 aliphatic rings. The maximum atomic E-state index is 13.4. The number of anilines is 2. The summed E-state index contributed by atoms with van der Waals surface area (Å²) in [7, 11) is -3.98.